The average Bonchev–Trinajstić information content (AvgIpc) is 3.20. The molecule has 0 radical (unpaired) electrons. The van der Waals surface area contributed by atoms with Crippen LogP contribution in [0, 0.1) is 6.92 Å². The van der Waals surface area contributed by atoms with E-state index >= 15 is 0 Å². The van der Waals surface area contributed by atoms with E-state index < -0.39 is 0 Å². The van der Waals surface area contributed by atoms with Crippen molar-refractivity contribution >= 4 is 5.91 Å². The fraction of sp³-hybridized carbons (Fsp3) is 0.455. The van der Waals surface area contributed by atoms with Gasteiger partial charge in [0.25, 0.3) is 5.91 Å². The van der Waals surface area contributed by atoms with Gasteiger partial charge < -0.3 is 10.2 Å². The lowest BCUT2D eigenvalue weighted by atomic mass is 10.1. The molecule has 4 heteroatoms. The normalized spacial score (nSPS) is 14.7. The maximum atomic E-state index is 12.3. The summed E-state index contributed by atoms with van der Waals surface area (Å²) >= 11 is 0. The summed E-state index contributed by atoms with van der Waals surface area (Å²) in [6.45, 7) is 3.82. The number of amides is 1. The van der Waals surface area contributed by atoms with Crippen molar-refractivity contribution in [2.75, 3.05) is 20.1 Å². The molecular weight excluding hydrogens is 322 g/mol. The van der Waals surface area contributed by atoms with Crippen molar-refractivity contribution in [2.24, 2.45) is 0 Å². The Kier molecular flexibility index (Phi) is 6.40. The number of benzene rings is 1. The smallest absolute Gasteiger partial charge is 0.251 e. The summed E-state index contributed by atoms with van der Waals surface area (Å²) in [5.41, 5.74) is 3.85. The molecule has 0 spiro atoms. The van der Waals surface area contributed by atoms with Gasteiger partial charge in [-0.3, -0.25) is 9.78 Å². The second kappa shape index (κ2) is 8.95. The minimum absolute atomic E-state index is 0.00253. The van der Waals surface area contributed by atoms with Gasteiger partial charge in [0.1, 0.15) is 0 Å². The van der Waals surface area contributed by atoms with Crippen molar-refractivity contribution in [3.63, 3.8) is 0 Å². The molecule has 0 saturated heterocycles. The SMILES string of the molecule is Cc1ccnc(-c2ccc(C(=O)NCCCN(C)C3CCCC3)cc2)c1. The van der Waals surface area contributed by atoms with Crippen LogP contribution in [0.3, 0.4) is 0 Å². The quantitative estimate of drug-likeness (QED) is 0.766. The van der Waals surface area contributed by atoms with E-state index in [4.69, 9.17) is 0 Å². The van der Waals surface area contributed by atoms with Crippen molar-refractivity contribution in [1.82, 2.24) is 15.2 Å². The predicted molar refractivity (Wildman–Crippen MR) is 106 cm³/mol. The van der Waals surface area contributed by atoms with Gasteiger partial charge in [-0.15, -0.1) is 0 Å². The van der Waals surface area contributed by atoms with E-state index in [1.54, 1.807) is 0 Å². The van der Waals surface area contributed by atoms with E-state index in [1.807, 2.05) is 36.5 Å². The van der Waals surface area contributed by atoms with Crippen LogP contribution in [0.2, 0.25) is 0 Å². The first-order valence-electron chi connectivity index (χ1n) is 9.65. The first-order chi connectivity index (χ1) is 12.6. The van der Waals surface area contributed by atoms with E-state index in [2.05, 4.69) is 35.2 Å². The minimum atomic E-state index is -0.00253. The van der Waals surface area contributed by atoms with Crippen LogP contribution in [0.4, 0.5) is 0 Å². The largest absolute Gasteiger partial charge is 0.352 e. The third kappa shape index (κ3) is 4.92. The molecule has 1 aliphatic carbocycles. The number of nitrogens with one attached hydrogen (secondary N) is 1. The van der Waals surface area contributed by atoms with Crippen molar-refractivity contribution in [3.8, 4) is 11.3 Å². The molecule has 1 aromatic carbocycles. The predicted octanol–water partition coefficient (Wildman–Crippen LogP) is 4.05. The highest BCUT2D eigenvalue weighted by atomic mass is 16.1. The maximum absolute atomic E-state index is 12.3. The molecule has 1 N–H and O–H groups in total. The van der Waals surface area contributed by atoms with Crippen molar-refractivity contribution < 1.29 is 4.79 Å². The number of pyridine rings is 1. The Morgan fingerprint density at radius 3 is 2.62 bits per heavy atom. The highest BCUT2D eigenvalue weighted by Gasteiger charge is 2.18. The number of nitrogens with zero attached hydrogens (tertiary/aromatic N) is 2. The molecular formula is C22H29N3O. The monoisotopic (exact) mass is 351 g/mol. The summed E-state index contributed by atoms with van der Waals surface area (Å²) in [6, 6.07) is 12.5. The average molecular weight is 351 g/mol. The van der Waals surface area contributed by atoms with Gasteiger partial charge in [-0.1, -0.05) is 25.0 Å². The Hall–Kier alpha value is -2.20. The summed E-state index contributed by atoms with van der Waals surface area (Å²) < 4.78 is 0. The fourth-order valence-corrected chi connectivity index (χ4v) is 3.65. The summed E-state index contributed by atoms with van der Waals surface area (Å²) in [5.74, 6) is -0.00253. The molecule has 138 valence electrons. The zero-order valence-electron chi connectivity index (χ0n) is 15.9. The minimum Gasteiger partial charge on any atom is -0.352 e. The molecule has 0 atom stereocenters. The fourth-order valence-electron chi connectivity index (χ4n) is 3.65. The van der Waals surface area contributed by atoms with Crippen LogP contribution < -0.4 is 5.32 Å². The highest BCUT2D eigenvalue weighted by Crippen LogP contribution is 2.22. The lowest BCUT2D eigenvalue weighted by molar-refractivity contribution is 0.0951. The topological polar surface area (TPSA) is 45.2 Å². The van der Waals surface area contributed by atoms with E-state index in [0.717, 1.165) is 36.8 Å². The molecule has 0 bridgehead atoms. The van der Waals surface area contributed by atoms with E-state index in [9.17, 15) is 4.79 Å². The highest BCUT2D eigenvalue weighted by molar-refractivity contribution is 5.94. The van der Waals surface area contributed by atoms with Gasteiger partial charge in [-0.25, -0.2) is 0 Å². The first kappa shape index (κ1) is 18.6. The van der Waals surface area contributed by atoms with Crippen LogP contribution in [0.15, 0.2) is 42.6 Å². The van der Waals surface area contributed by atoms with Crippen molar-refractivity contribution in [2.45, 2.75) is 45.1 Å². The molecule has 3 rings (SSSR count). The molecule has 2 aromatic rings. The van der Waals surface area contributed by atoms with E-state index in [0.29, 0.717) is 5.56 Å². The molecule has 1 heterocycles. The number of aromatic nitrogens is 1. The van der Waals surface area contributed by atoms with Gasteiger partial charge in [0.15, 0.2) is 0 Å². The molecule has 1 amide bonds. The van der Waals surface area contributed by atoms with Crippen LogP contribution in [-0.2, 0) is 0 Å². The van der Waals surface area contributed by atoms with Crippen LogP contribution in [0.5, 0.6) is 0 Å². The number of aryl methyl sites for hydroxylation is 1. The van der Waals surface area contributed by atoms with Crippen LogP contribution in [-0.4, -0.2) is 42.0 Å². The first-order valence-corrected chi connectivity index (χ1v) is 9.65. The van der Waals surface area contributed by atoms with Crippen LogP contribution in [0.1, 0.15) is 48.0 Å². The Balaban J connectivity index is 1.46. The van der Waals surface area contributed by atoms with E-state index in [1.165, 1.54) is 31.2 Å². The number of hydrogen-bond donors (Lipinski definition) is 1. The molecule has 0 aliphatic heterocycles. The van der Waals surface area contributed by atoms with Crippen LogP contribution >= 0.6 is 0 Å². The van der Waals surface area contributed by atoms with Gasteiger partial charge in [0, 0.05) is 29.9 Å². The second-order valence-corrected chi connectivity index (χ2v) is 7.32. The van der Waals surface area contributed by atoms with Crippen molar-refractivity contribution in [1.29, 1.82) is 0 Å². The third-order valence-electron chi connectivity index (χ3n) is 5.28. The Morgan fingerprint density at radius 2 is 1.92 bits per heavy atom. The summed E-state index contributed by atoms with van der Waals surface area (Å²) in [7, 11) is 2.20. The van der Waals surface area contributed by atoms with Gasteiger partial charge >= 0.3 is 0 Å². The maximum Gasteiger partial charge on any atom is 0.251 e. The van der Waals surface area contributed by atoms with Gasteiger partial charge in [-0.2, -0.15) is 0 Å². The summed E-state index contributed by atoms with van der Waals surface area (Å²) in [4.78, 5) is 19.1. The number of carbonyl (C=O) groups is 1. The zero-order valence-corrected chi connectivity index (χ0v) is 15.9. The zero-order chi connectivity index (χ0) is 18.4. The molecule has 1 aromatic heterocycles. The standard InChI is InChI=1S/C22H29N3O/c1-17-12-14-23-21(16-17)18-8-10-19(11-9-18)22(26)24-13-5-15-25(2)20-6-3-4-7-20/h8-12,14,16,20H,3-7,13,15H2,1-2H3,(H,24,26). The molecule has 1 aliphatic rings. The number of carbonyl (C=O) groups excluding carboxylic acids is 1. The Labute approximate surface area is 156 Å². The molecule has 1 fully saturated rings. The lowest BCUT2D eigenvalue weighted by Crippen LogP contribution is -2.33. The van der Waals surface area contributed by atoms with Crippen LogP contribution in [0.25, 0.3) is 11.3 Å². The molecule has 1 saturated carbocycles. The molecule has 4 nitrogen and oxygen atoms in total. The van der Waals surface area contributed by atoms with Gasteiger partial charge in [0.05, 0.1) is 5.69 Å². The molecule has 0 unspecified atom stereocenters. The summed E-state index contributed by atoms with van der Waals surface area (Å²) in [6.07, 6.45) is 8.17. The third-order valence-corrected chi connectivity index (χ3v) is 5.28. The molecule has 26 heavy (non-hydrogen) atoms. The van der Waals surface area contributed by atoms with E-state index in [-0.39, 0.29) is 5.91 Å². The Morgan fingerprint density at radius 1 is 1.19 bits per heavy atom. The number of rotatable bonds is 7. The van der Waals surface area contributed by atoms with Crippen molar-refractivity contribution in [3.05, 3.63) is 53.7 Å². The van der Waals surface area contributed by atoms with Gasteiger partial charge in [0.2, 0.25) is 0 Å². The Bertz CT molecular complexity index is 720. The second-order valence-electron chi connectivity index (χ2n) is 7.32. The lowest BCUT2D eigenvalue weighted by Gasteiger charge is -2.23. The summed E-state index contributed by atoms with van der Waals surface area (Å²) in [5, 5.41) is 3.03. The number of hydrogen-bond acceptors (Lipinski definition) is 3. The van der Waals surface area contributed by atoms with Gasteiger partial charge in [-0.05, 0) is 69.6 Å².